The number of rotatable bonds is 2. The maximum Gasteiger partial charge on any atom is 0.333 e. The number of hydrogen-bond acceptors (Lipinski definition) is 4. The first-order valence-electron chi connectivity index (χ1n) is 4.35. The maximum atomic E-state index is 11.2. The number of nitrogens with one attached hydrogen (secondary N) is 1. The van der Waals surface area contributed by atoms with E-state index in [0.29, 0.717) is 12.0 Å². The molecule has 2 rings (SSSR count). The SMILES string of the molecule is COC(=O)C1=CC(N=[N+]=[N-])C2NC2C1. The predicted octanol–water partition coefficient (Wildman–Crippen LogP) is 0.509. The second kappa shape index (κ2) is 3.32. The number of hydrogen-bond donors (Lipinski definition) is 1. The van der Waals surface area contributed by atoms with Gasteiger partial charge in [0.2, 0.25) is 0 Å². The van der Waals surface area contributed by atoms with Gasteiger partial charge < -0.3 is 10.1 Å². The van der Waals surface area contributed by atoms with Crippen LogP contribution in [0.2, 0.25) is 0 Å². The Hall–Kier alpha value is -1.52. The standard InChI is InChI=1S/C8H10N4O2/c1-14-8(13)4-2-5-7(10-5)6(3-4)11-12-9/h3,5-7,10H,2H2,1H3. The van der Waals surface area contributed by atoms with Crippen LogP contribution in [-0.4, -0.2) is 31.2 Å². The Morgan fingerprint density at radius 2 is 2.64 bits per heavy atom. The van der Waals surface area contributed by atoms with E-state index in [1.807, 2.05) is 0 Å². The van der Waals surface area contributed by atoms with Gasteiger partial charge in [0.15, 0.2) is 0 Å². The van der Waals surface area contributed by atoms with Gasteiger partial charge >= 0.3 is 5.97 Å². The Kier molecular flexibility index (Phi) is 2.15. The highest BCUT2D eigenvalue weighted by Gasteiger charge is 2.45. The number of nitrogens with zero attached hydrogens (tertiary/aromatic N) is 3. The van der Waals surface area contributed by atoms with Crippen LogP contribution in [0.4, 0.5) is 0 Å². The summed E-state index contributed by atoms with van der Waals surface area (Å²) in [5.74, 6) is -0.338. The molecule has 6 heteroatoms. The van der Waals surface area contributed by atoms with Crippen LogP contribution in [0.3, 0.4) is 0 Å². The molecule has 0 amide bonds. The van der Waals surface area contributed by atoms with Gasteiger partial charge in [-0.1, -0.05) is 11.2 Å². The zero-order chi connectivity index (χ0) is 10.1. The summed E-state index contributed by atoms with van der Waals surface area (Å²) < 4.78 is 4.61. The molecule has 1 saturated heterocycles. The lowest BCUT2D eigenvalue weighted by molar-refractivity contribution is -0.136. The van der Waals surface area contributed by atoms with E-state index in [9.17, 15) is 4.79 Å². The van der Waals surface area contributed by atoms with E-state index < -0.39 is 0 Å². The van der Waals surface area contributed by atoms with Gasteiger partial charge in [-0.3, -0.25) is 0 Å². The lowest BCUT2D eigenvalue weighted by Gasteiger charge is -2.12. The van der Waals surface area contributed by atoms with Crippen LogP contribution in [0.5, 0.6) is 0 Å². The molecule has 0 radical (unpaired) electrons. The quantitative estimate of drug-likeness (QED) is 0.228. The molecule has 1 aliphatic carbocycles. The zero-order valence-corrected chi connectivity index (χ0v) is 7.67. The summed E-state index contributed by atoms with van der Waals surface area (Å²) in [6.45, 7) is 0. The van der Waals surface area contributed by atoms with Crippen LogP contribution in [0.1, 0.15) is 6.42 Å². The van der Waals surface area contributed by atoms with E-state index in [0.717, 1.165) is 0 Å². The van der Waals surface area contributed by atoms with Gasteiger partial charge in [-0.25, -0.2) is 4.79 Å². The lowest BCUT2D eigenvalue weighted by atomic mass is 9.96. The van der Waals surface area contributed by atoms with Gasteiger partial charge in [0, 0.05) is 22.6 Å². The van der Waals surface area contributed by atoms with E-state index >= 15 is 0 Å². The Morgan fingerprint density at radius 1 is 1.86 bits per heavy atom. The van der Waals surface area contributed by atoms with Gasteiger partial charge in [-0.05, 0) is 12.0 Å². The van der Waals surface area contributed by atoms with Crippen LogP contribution in [-0.2, 0) is 9.53 Å². The Balaban J connectivity index is 2.18. The van der Waals surface area contributed by atoms with Crippen LogP contribution in [0.15, 0.2) is 16.8 Å². The Labute approximate surface area is 80.6 Å². The summed E-state index contributed by atoms with van der Waals surface area (Å²) in [6, 6.07) is 0.219. The van der Waals surface area contributed by atoms with E-state index in [-0.39, 0.29) is 24.1 Å². The van der Waals surface area contributed by atoms with Gasteiger partial charge in [0.1, 0.15) is 0 Å². The number of methoxy groups -OCH3 is 1. The van der Waals surface area contributed by atoms with Crippen LogP contribution >= 0.6 is 0 Å². The summed E-state index contributed by atoms with van der Waals surface area (Å²) in [6.07, 6.45) is 2.35. The number of fused-ring (bicyclic) bond motifs is 1. The summed E-state index contributed by atoms with van der Waals surface area (Å²) in [4.78, 5) is 14.0. The molecular weight excluding hydrogens is 184 g/mol. The highest BCUT2D eigenvalue weighted by Crippen LogP contribution is 2.31. The highest BCUT2D eigenvalue weighted by atomic mass is 16.5. The van der Waals surface area contributed by atoms with E-state index in [2.05, 4.69) is 20.1 Å². The number of ether oxygens (including phenoxy) is 1. The minimum atomic E-state index is -0.338. The lowest BCUT2D eigenvalue weighted by Crippen LogP contribution is -2.21. The summed E-state index contributed by atoms with van der Waals surface area (Å²) in [5.41, 5.74) is 8.92. The minimum absolute atomic E-state index is 0.208. The van der Waals surface area contributed by atoms with Crippen molar-refractivity contribution in [2.75, 3.05) is 7.11 Å². The summed E-state index contributed by atoms with van der Waals surface area (Å²) >= 11 is 0. The molecule has 3 unspecified atom stereocenters. The van der Waals surface area contributed by atoms with E-state index in [4.69, 9.17) is 5.53 Å². The van der Waals surface area contributed by atoms with Crippen molar-refractivity contribution < 1.29 is 9.53 Å². The molecule has 0 saturated carbocycles. The van der Waals surface area contributed by atoms with E-state index in [1.54, 1.807) is 6.08 Å². The second-order valence-corrected chi connectivity index (χ2v) is 3.38. The molecule has 0 aromatic rings. The van der Waals surface area contributed by atoms with Crippen LogP contribution in [0, 0.1) is 0 Å². The highest BCUT2D eigenvalue weighted by molar-refractivity contribution is 5.89. The van der Waals surface area contributed by atoms with Crippen LogP contribution in [0.25, 0.3) is 10.4 Å². The fourth-order valence-electron chi connectivity index (χ4n) is 1.78. The topological polar surface area (TPSA) is 97.0 Å². The molecule has 6 nitrogen and oxygen atoms in total. The third kappa shape index (κ3) is 1.45. The van der Waals surface area contributed by atoms with Gasteiger partial charge in [-0.15, -0.1) is 0 Å². The molecule has 1 heterocycles. The third-order valence-electron chi connectivity index (χ3n) is 2.54. The van der Waals surface area contributed by atoms with Gasteiger partial charge in [0.25, 0.3) is 0 Å². The van der Waals surface area contributed by atoms with Crippen molar-refractivity contribution in [1.29, 1.82) is 0 Å². The zero-order valence-electron chi connectivity index (χ0n) is 7.67. The van der Waals surface area contributed by atoms with Gasteiger partial charge in [0.05, 0.1) is 13.2 Å². The molecule has 0 aromatic heterocycles. The minimum Gasteiger partial charge on any atom is -0.466 e. The summed E-state index contributed by atoms with van der Waals surface area (Å²) in [7, 11) is 1.35. The fourth-order valence-corrected chi connectivity index (χ4v) is 1.78. The summed E-state index contributed by atoms with van der Waals surface area (Å²) in [5, 5.41) is 6.76. The first-order chi connectivity index (χ1) is 6.76. The Morgan fingerprint density at radius 3 is 3.29 bits per heavy atom. The maximum absolute atomic E-state index is 11.2. The smallest absolute Gasteiger partial charge is 0.333 e. The van der Waals surface area contributed by atoms with Crippen molar-refractivity contribution in [3.8, 4) is 0 Å². The molecule has 1 aliphatic heterocycles. The normalized spacial score (nSPS) is 33.5. The van der Waals surface area contributed by atoms with Gasteiger partial charge in [-0.2, -0.15) is 0 Å². The molecule has 1 fully saturated rings. The molecule has 0 bridgehead atoms. The average molecular weight is 194 g/mol. The molecule has 14 heavy (non-hydrogen) atoms. The Bertz CT molecular complexity index is 345. The molecule has 74 valence electrons. The molecule has 0 aromatic carbocycles. The number of carbonyl (C=O) groups excluding carboxylic acids is 1. The third-order valence-corrected chi connectivity index (χ3v) is 2.54. The molecular formula is C8H10N4O2. The molecule has 1 N–H and O–H groups in total. The number of carbonyl (C=O) groups is 1. The molecule has 3 atom stereocenters. The molecule has 2 aliphatic rings. The average Bonchev–Trinajstić information content (AvgIpc) is 2.96. The first kappa shape index (κ1) is 9.05. The van der Waals surface area contributed by atoms with Crippen molar-refractivity contribution in [2.24, 2.45) is 5.11 Å². The largest absolute Gasteiger partial charge is 0.466 e. The van der Waals surface area contributed by atoms with Crippen molar-refractivity contribution in [1.82, 2.24) is 5.32 Å². The number of esters is 1. The van der Waals surface area contributed by atoms with Crippen molar-refractivity contribution >= 4 is 5.97 Å². The van der Waals surface area contributed by atoms with Crippen molar-refractivity contribution in [3.05, 3.63) is 22.1 Å². The van der Waals surface area contributed by atoms with Crippen LogP contribution < -0.4 is 5.32 Å². The van der Waals surface area contributed by atoms with Crippen molar-refractivity contribution in [3.63, 3.8) is 0 Å². The number of azide groups is 1. The molecule has 0 spiro atoms. The van der Waals surface area contributed by atoms with E-state index in [1.165, 1.54) is 7.11 Å². The fraction of sp³-hybridized carbons (Fsp3) is 0.625. The van der Waals surface area contributed by atoms with Crippen molar-refractivity contribution in [2.45, 2.75) is 24.5 Å². The monoisotopic (exact) mass is 194 g/mol. The first-order valence-corrected chi connectivity index (χ1v) is 4.35. The second-order valence-electron chi connectivity index (χ2n) is 3.38. The predicted molar refractivity (Wildman–Crippen MR) is 48.4 cm³/mol.